The van der Waals surface area contributed by atoms with Crippen LogP contribution in [0.2, 0.25) is 0 Å². The molecule has 3 heteroatoms. The van der Waals surface area contributed by atoms with Crippen molar-refractivity contribution >= 4 is 5.97 Å². The molecule has 1 heterocycles. The summed E-state index contributed by atoms with van der Waals surface area (Å²) in [7, 11) is 0. The largest absolute Gasteiger partial charge is 0.425 e. The van der Waals surface area contributed by atoms with Crippen LogP contribution in [-0.2, 0) is 22.4 Å². The first-order chi connectivity index (χ1) is 8.42. The van der Waals surface area contributed by atoms with E-state index in [2.05, 4.69) is 19.1 Å². The van der Waals surface area contributed by atoms with Gasteiger partial charge in [0, 0.05) is 24.0 Å². The Morgan fingerprint density at radius 3 is 2.44 bits per heavy atom. The summed E-state index contributed by atoms with van der Waals surface area (Å²) in [6.45, 7) is 5.82. The van der Waals surface area contributed by atoms with E-state index in [1.165, 1.54) is 11.1 Å². The van der Waals surface area contributed by atoms with Crippen molar-refractivity contribution in [3.05, 3.63) is 45.5 Å². The number of fused-ring (bicyclic) bond motifs is 2. The number of rotatable bonds is 0. The zero-order valence-electron chi connectivity index (χ0n) is 10.8. The molecule has 0 spiro atoms. The van der Waals surface area contributed by atoms with Gasteiger partial charge in [0.05, 0.1) is 0 Å². The van der Waals surface area contributed by atoms with Crippen LogP contribution in [-0.4, -0.2) is 16.9 Å². The van der Waals surface area contributed by atoms with Crippen molar-refractivity contribution in [2.75, 3.05) is 0 Å². The van der Waals surface area contributed by atoms with E-state index in [1.54, 1.807) is 6.92 Å². The maximum absolute atomic E-state index is 11.6. The zero-order valence-corrected chi connectivity index (χ0v) is 10.8. The predicted octanol–water partition coefficient (Wildman–Crippen LogP) is 1.96. The highest BCUT2D eigenvalue weighted by molar-refractivity contribution is 5.92. The highest BCUT2D eigenvalue weighted by atomic mass is 16.7. The molecule has 1 aliphatic heterocycles. The van der Waals surface area contributed by atoms with E-state index in [9.17, 15) is 9.90 Å². The molecule has 1 unspecified atom stereocenters. The van der Waals surface area contributed by atoms with E-state index in [0.717, 1.165) is 16.7 Å². The van der Waals surface area contributed by atoms with Gasteiger partial charge in [0.1, 0.15) is 0 Å². The van der Waals surface area contributed by atoms with Crippen LogP contribution in [0.3, 0.4) is 0 Å². The van der Waals surface area contributed by atoms with Gasteiger partial charge in [-0.1, -0.05) is 12.1 Å². The van der Waals surface area contributed by atoms with Gasteiger partial charge in [0.25, 0.3) is 0 Å². The van der Waals surface area contributed by atoms with Crippen molar-refractivity contribution in [1.29, 1.82) is 0 Å². The molecule has 1 aromatic carbocycles. The lowest BCUT2D eigenvalue weighted by Crippen LogP contribution is -2.39. The molecular weight excluding hydrogens is 228 g/mol. The van der Waals surface area contributed by atoms with Crippen molar-refractivity contribution in [2.24, 2.45) is 0 Å². The monoisotopic (exact) mass is 244 g/mol. The Labute approximate surface area is 106 Å². The fraction of sp³-hybridized carbons (Fsp3) is 0.400. The van der Waals surface area contributed by atoms with E-state index in [-0.39, 0.29) is 0 Å². The Bertz CT molecular complexity index is 598. The van der Waals surface area contributed by atoms with Gasteiger partial charge in [-0.05, 0) is 43.0 Å². The number of aliphatic hydroxyl groups is 1. The van der Waals surface area contributed by atoms with Gasteiger partial charge in [-0.15, -0.1) is 0 Å². The smallest absolute Gasteiger partial charge is 0.336 e. The van der Waals surface area contributed by atoms with Gasteiger partial charge in [-0.25, -0.2) is 4.79 Å². The van der Waals surface area contributed by atoms with Crippen molar-refractivity contribution < 1.29 is 14.6 Å². The number of esters is 1. The molecule has 94 valence electrons. The van der Waals surface area contributed by atoms with Crippen molar-refractivity contribution in [2.45, 2.75) is 39.4 Å². The summed E-state index contributed by atoms with van der Waals surface area (Å²) < 4.78 is 5.16. The molecule has 0 saturated carbocycles. The first-order valence-electron chi connectivity index (χ1n) is 6.16. The SMILES string of the molecule is CC1=C2Cc3c(C)ccc(C)c3CC2(O)OC1=O. The first-order valence-corrected chi connectivity index (χ1v) is 6.16. The third-order valence-corrected chi connectivity index (χ3v) is 4.16. The Balaban J connectivity index is 2.21. The minimum atomic E-state index is -1.41. The topological polar surface area (TPSA) is 46.5 Å². The third-order valence-electron chi connectivity index (χ3n) is 4.16. The summed E-state index contributed by atoms with van der Waals surface area (Å²) >= 11 is 0. The lowest BCUT2D eigenvalue weighted by Gasteiger charge is -2.32. The maximum Gasteiger partial charge on any atom is 0.336 e. The van der Waals surface area contributed by atoms with Crippen LogP contribution < -0.4 is 0 Å². The number of hydrogen-bond acceptors (Lipinski definition) is 3. The molecule has 1 aromatic rings. The molecule has 2 aliphatic rings. The van der Waals surface area contributed by atoms with Crippen LogP contribution in [0.4, 0.5) is 0 Å². The summed E-state index contributed by atoms with van der Waals surface area (Å²) in [6, 6.07) is 4.14. The molecule has 1 aliphatic carbocycles. The molecule has 0 saturated heterocycles. The van der Waals surface area contributed by atoms with Gasteiger partial charge < -0.3 is 9.84 Å². The maximum atomic E-state index is 11.6. The average molecular weight is 244 g/mol. The second kappa shape index (κ2) is 3.45. The van der Waals surface area contributed by atoms with Crippen molar-refractivity contribution in [3.63, 3.8) is 0 Å². The number of ether oxygens (including phenoxy) is 1. The molecule has 18 heavy (non-hydrogen) atoms. The Morgan fingerprint density at radius 2 is 1.78 bits per heavy atom. The second-order valence-electron chi connectivity index (χ2n) is 5.29. The molecule has 3 rings (SSSR count). The minimum Gasteiger partial charge on any atom is -0.425 e. The molecule has 0 bridgehead atoms. The summed E-state index contributed by atoms with van der Waals surface area (Å²) in [5.74, 6) is -1.80. The fourth-order valence-corrected chi connectivity index (χ4v) is 2.96. The molecule has 3 nitrogen and oxygen atoms in total. The summed E-state index contributed by atoms with van der Waals surface area (Å²) in [5.41, 5.74) is 5.98. The lowest BCUT2D eigenvalue weighted by atomic mass is 9.79. The number of aryl methyl sites for hydroxylation is 2. The normalized spacial score (nSPS) is 25.9. The second-order valence-corrected chi connectivity index (χ2v) is 5.29. The Kier molecular flexibility index (Phi) is 2.20. The number of benzene rings is 1. The quantitative estimate of drug-likeness (QED) is 0.710. The predicted molar refractivity (Wildman–Crippen MR) is 67.1 cm³/mol. The van der Waals surface area contributed by atoms with Crippen LogP contribution in [0, 0.1) is 13.8 Å². The molecule has 0 amide bonds. The van der Waals surface area contributed by atoms with Gasteiger partial charge in [0.15, 0.2) is 0 Å². The number of carbonyl (C=O) groups is 1. The van der Waals surface area contributed by atoms with E-state index in [0.29, 0.717) is 18.4 Å². The van der Waals surface area contributed by atoms with Crippen LogP contribution in [0.25, 0.3) is 0 Å². The summed E-state index contributed by atoms with van der Waals surface area (Å²) in [5, 5.41) is 10.5. The molecule has 0 fully saturated rings. The first kappa shape index (κ1) is 11.5. The molecule has 0 radical (unpaired) electrons. The van der Waals surface area contributed by atoms with Crippen molar-refractivity contribution in [1.82, 2.24) is 0 Å². The van der Waals surface area contributed by atoms with Gasteiger partial charge in [-0.3, -0.25) is 0 Å². The Morgan fingerprint density at radius 1 is 1.17 bits per heavy atom. The van der Waals surface area contributed by atoms with E-state index < -0.39 is 11.8 Å². The number of hydrogen-bond donors (Lipinski definition) is 1. The lowest BCUT2D eigenvalue weighted by molar-refractivity contribution is -0.182. The molecule has 0 aromatic heterocycles. The van der Waals surface area contributed by atoms with E-state index in [4.69, 9.17) is 4.74 Å². The Hall–Kier alpha value is -1.61. The summed E-state index contributed by atoms with van der Waals surface area (Å²) in [6.07, 6.45) is 0.977. The standard InChI is InChI=1S/C15H16O3/c1-8-4-5-9(2)12-7-15(17)13(6-11(8)12)10(3)14(16)18-15/h4-5,17H,6-7H2,1-3H3. The van der Waals surface area contributed by atoms with Gasteiger partial charge in [0.2, 0.25) is 5.79 Å². The highest BCUT2D eigenvalue weighted by Gasteiger charge is 2.48. The zero-order chi connectivity index (χ0) is 13.1. The van der Waals surface area contributed by atoms with Crippen LogP contribution in [0.1, 0.15) is 29.2 Å². The van der Waals surface area contributed by atoms with Crippen LogP contribution in [0.15, 0.2) is 23.3 Å². The van der Waals surface area contributed by atoms with Crippen LogP contribution in [0.5, 0.6) is 0 Å². The van der Waals surface area contributed by atoms with Gasteiger partial charge >= 0.3 is 5.97 Å². The average Bonchev–Trinajstić information content (AvgIpc) is 2.53. The fourth-order valence-electron chi connectivity index (χ4n) is 2.96. The number of carbonyl (C=O) groups excluding carboxylic acids is 1. The van der Waals surface area contributed by atoms with Gasteiger partial charge in [-0.2, -0.15) is 0 Å². The van der Waals surface area contributed by atoms with Crippen LogP contribution >= 0.6 is 0 Å². The van der Waals surface area contributed by atoms with Crippen molar-refractivity contribution in [3.8, 4) is 0 Å². The minimum absolute atomic E-state index is 0.369. The summed E-state index contributed by atoms with van der Waals surface area (Å²) in [4.78, 5) is 11.6. The molecular formula is C15H16O3. The van der Waals surface area contributed by atoms with E-state index in [1.807, 2.05) is 6.92 Å². The highest BCUT2D eigenvalue weighted by Crippen LogP contribution is 2.42. The molecule has 1 N–H and O–H groups in total. The third kappa shape index (κ3) is 1.37. The van der Waals surface area contributed by atoms with E-state index >= 15 is 0 Å². The molecule has 1 atom stereocenters.